The monoisotopic (exact) mass is 154 g/mol. The summed E-state index contributed by atoms with van der Waals surface area (Å²) in [6, 6.07) is 0. The van der Waals surface area contributed by atoms with Crippen LogP contribution in [0.5, 0.6) is 0 Å². The predicted octanol–water partition coefficient (Wildman–Crippen LogP) is 1.17. The van der Waals surface area contributed by atoms with Gasteiger partial charge in [0.25, 0.3) is 0 Å². The molecule has 0 radical (unpaired) electrons. The number of hydrogen-bond acceptors (Lipinski definition) is 2. The molecule has 2 heteroatoms. The fraction of sp³-hybridized carbons (Fsp3) is 0.556. The molecule has 0 aliphatic heterocycles. The van der Waals surface area contributed by atoms with Crippen molar-refractivity contribution in [3.63, 3.8) is 0 Å². The summed E-state index contributed by atoms with van der Waals surface area (Å²) in [4.78, 5) is 0. The minimum atomic E-state index is -0.545. The van der Waals surface area contributed by atoms with Gasteiger partial charge in [0.1, 0.15) is 6.10 Å². The summed E-state index contributed by atoms with van der Waals surface area (Å²) in [5.74, 6) is 5.50. The Morgan fingerprint density at radius 3 is 2.55 bits per heavy atom. The van der Waals surface area contributed by atoms with Gasteiger partial charge < -0.3 is 9.84 Å². The second kappa shape index (κ2) is 5.82. The summed E-state index contributed by atoms with van der Waals surface area (Å²) in [7, 11) is 1.55. The quantitative estimate of drug-likeness (QED) is 0.478. The van der Waals surface area contributed by atoms with Gasteiger partial charge in [-0.15, -0.1) is 0 Å². The molecular formula is C9H14O2. The highest BCUT2D eigenvalue weighted by molar-refractivity contribution is 5.16. The van der Waals surface area contributed by atoms with Crippen LogP contribution in [-0.4, -0.2) is 18.3 Å². The molecule has 1 unspecified atom stereocenters. The fourth-order valence-electron chi connectivity index (χ4n) is 0.402. The molecule has 2 nitrogen and oxygen atoms in total. The first-order valence-corrected chi connectivity index (χ1v) is 3.55. The summed E-state index contributed by atoms with van der Waals surface area (Å²) in [6.45, 7) is 3.83. The van der Waals surface area contributed by atoms with E-state index in [1.54, 1.807) is 13.2 Å². The summed E-state index contributed by atoms with van der Waals surface area (Å²) in [6.07, 6.45) is 2.49. The van der Waals surface area contributed by atoms with Crippen molar-refractivity contribution in [1.82, 2.24) is 0 Å². The SMILES string of the molecule is CO/C=C/C#CC(O)C(C)C. The third kappa shape index (κ3) is 5.50. The van der Waals surface area contributed by atoms with E-state index in [1.165, 1.54) is 6.26 Å². The average Bonchev–Trinajstić information content (AvgIpc) is 1.97. The molecule has 0 rings (SSSR count). The van der Waals surface area contributed by atoms with E-state index in [-0.39, 0.29) is 5.92 Å². The molecule has 0 aromatic carbocycles. The Bertz CT molecular complexity index is 172. The van der Waals surface area contributed by atoms with Crippen molar-refractivity contribution in [1.29, 1.82) is 0 Å². The van der Waals surface area contributed by atoms with Gasteiger partial charge in [-0.3, -0.25) is 0 Å². The lowest BCUT2D eigenvalue weighted by Crippen LogP contribution is -2.10. The van der Waals surface area contributed by atoms with Crippen LogP contribution in [0.15, 0.2) is 12.3 Å². The van der Waals surface area contributed by atoms with Crippen LogP contribution in [0.4, 0.5) is 0 Å². The number of aliphatic hydroxyl groups is 1. The standard InChI is InChI=1S/C9H14O2/c1-8(2)9(10)6-4-5-7-11-3/h5,7-10H,1-3H3/b7-5+. The van der Waals surface area contributed by atoms with Crippen LogP contribution in [0, 0.1) is 17.8 Å². The lowest BCUT2D eigenvalue weighted by atomic mass is 10.1. The van der Waals surface area contributed by atoms with Gasteiger partial charge in [-0.2, -0.15) is 0 Å². The van der Waals surface area contributed by atoms with Crippen LogP contribution in [0.1, 0.15) is 13.8 Å². The van der Waals surface area contributed by atoms with Crippen molar-refractivity contribution in [2.75, 3.05) is 7.11 Å². The molecule has 0 saturated heterocycles. The smallest absolute Gasteiger partial charge is 0.117 e. The van der Waals surface area contributed by atoms with E-state index >= 15 is 0 Å². The van der Waals surface area contributed by atoms with Gasteiger partial charge in [0.05, 0.1) is 13.4 Å². The van der Waals surface area contributed by atoms with Crippen LogP contribution in [0.2, 0.25) is 0 Å². The summed E-state index contributed by atoms with van der Waals surface area (Å²) >= 11 is 0. The molecule has 0 saturated carbocycles. The van der Waals surface area contributed by atoms with E-state index in [0.717, 1.165) is 0 Å². The zero-order valence-electron chi connectivity index (χ0n) is 7.16. The minimum Gasteiger partial charge on any atom is -0.504 e. The lowest BCUT2D eigenvalue weighted by Gasteiger charge is -2.04. The number of methoxy groups -OCH3 is 1. The van der Waals surface area contributed by atoms with Gasteiger partial charge in [-0.25, -0.2) is 0 Å². The highest BCUT2D eigenvalue weighted by Gasteiger charge is 2.02. The van der Waals surface area contributed by atoms with Crippen molar-refractivity contribution in [2.45, 2.75) is 20.0 Å². The molecule has 1 N–H and O–H groups in total. The predicted molar refractivity (Wildman–Crippen MR) is 44.8 cm³/mol. The number of allylic oxidation sites excluding steroid dienone is 1. The third-order valence-corrected chi connectivity index (χ3v) is 1.15. The van der Waals surface area contributed by atoms with Crippen molar-refractivity contribution in [3.05, 3.63) is 12.3 Å². The molecule has 0 amide bonds. The number of ether oxygens (including phenoxy) is 1. The van der Waals surface area contributed by atoms with E-state index in [1.807, 2.05) is 13.8 Å². The second-order valence-electron chi connectivity index (χ2n) is 2.52. The molecule has 0 bridgehead atoms. The number of rotatable bonds is 2. The summed E-state index contributed by atoms with van der Waals surface area (Å²) in [5.41, 5.74) is 0. The molecule has 0 aromatic rings. The normalized spacial score (nSPS) is 12.8. The minimum absolute atomic E-state index is 0.179. The molecule has 0 aliphatic rings. The molecule has 0 aromatic heterocycles. The van der Waals surface area contributed by atoms with E-state index in [2.05, 4.69) is 16.6 Å². The van der Waals surface area contributed by atoms with E-state index in [0.29, 0.717) is 0 Å². The zero-order valence-corrected chi connectivity index (χ0v) is 7.16. The topological polar surface area (TPSA) is 29.5 Å². The van der Waals surface area contributed by atoms with Crippen molar-refractivity contribution >= 4 is 0 Å². The van der Waals surface area contributed by atoms with Crippen LogP contribution < -0.4 is 0 Å². The Balaban J connectivity index is 3.77. The first kappa shape index (κ1) is 10.1. The van der Waals surface area contributed by atoms with Gasteiger partial charge in [-0.05, 0) is 5.92 Å². The highest BCUT2D eigenvalue weighted by Crippen LogP contribution is 1.97. The van der Waals surface area contributed by atoms with Crippen LogP contribution in [-0.2, 0) is 4.74 Å². The Morgan fingerprint density at radius 2 is 2.09 bits per heavy atom. The number of aliphatic hydroxyl groups excluding tert-OH is 1. The molecule has 0 aliphatic carbocycles. The number of hydrogen-bond donors (Lipinski definition) is 1. The summed E-state index contributed by atoms with van der Waals surface area (Å²) in [5, 5.41) is 9.18. The van der Waals surface area contributed by atoms with Crippen molar-refractivity contribution in [3.8, 4) is 11.8 Å². The van der Waals surface area contributed by atoms with Crippen molar-refractivity contribution < 1.29 is 9.84 Å². The molecular weight excluding hydrogens is 140 g/mol. The van der Waals surface area contributed by atoms with Gasteiger partial charge in [-0.1, -0.05) is 25.7 Å². The maximum absolute atomic E-state index is 9.18. The zero-order chi connectivity index (χ0) is 8.69. The Labute approximate surface area is 67.9 Å². The molecule has 1 atom stereocenters. The first-order chi connectivity index (χ1) is 5.18. The fourth-order valence-corrected chi connectivity index (χ4v) is 0.402. The molecule has 62 valence electrons. The lowest BCUT2D eigenvalue weighted by molar-refractivity contribution is 0.181. The molecule has 0 fully saturated rings. The van der Waals surface area contributed by atoms with Crippen LogP contribution in [0.25, 0.3) is 0 Å². The Morgan fingerprint density at radius 1 is 1.45 bits per heavy atom. The second-order valence-corrected chi connectivity index (χ2v) is 2.52. The van der Waals surface area contributed by atoms with E-state index < -0.39 is 6.10 Å². The van der Waals surface area contributed by atoms with Gasteiger partial charge in [0.15, 0.2) is 0 Å². The average molecular weight is 154 g/mol. The molecule has 0 heterocycles. The Hall–Kier alpha value is -0.940. The first-order valence-electron chi connectivity index (χ1n) is 3.55. The van der Waals surface area contributed by atoms with Gasteiger partial charge >= 0.3 is 0 Å². The third-order valence-electron chi connectivity index (χ3n) is 1.15. The largest absolute Gasteiger partial charge is 0.504 e. The molecule has 0 spiro atoms. The van der Waals surface area contributed by atoms with E-state index in [9.17, 15) is 5.11 Å². The highest BCUT2D eigenvalue weighted by atomic mass is 16.5. The van der Waals surface area contributed by atoms with Gasteiger partial charge in [0.2, 0.25) is 0 Å². The maximum atomic E-state index is 9.18. The van der Waals surface area contributed by atoms with Gasteiger partial charge in [0, 0.05) is 6.08 Å². The summed E-state index contributed by atoms with van der Waals surface area (Å²) < 4.78 is 4.62. The van der Waals surface area contributed by atoms with E-state index in [4.69, 9.17) is 0 Å². The van der Waals surface area contributed by atoms with Crippen molar-refractivity contribution in [2.24, 2.45) is 5.92 Å². The maximum Gasteiger partial charge on any atom is 0.117 e. The van der Waals surface area contributed by atoms with Crippen LogP contribution >= 0.6 is 0 Å². The Kier molecular flexibility index (Phi) is 5.32. The molecule has 11 heavy (non-hydrogen) atoms. The van der Waals surface area contributed by atoms with Crippen LogP contribution in [0.3, 0.4) is 0 Å².